The van der Waals surface area contributed by atoms with Gasteiger partial charge in [0.05, 0.1) is 13.2 Å². The summed E-state index contributed by atoms with van der Waals surface area (Å²) in [5.74, 6) is -0.878. The molecule has 1 unspecified atom stereocenters. The number of aliphatic hydroxyl groups is 1. The van der Waals surface area contributed by atoms with E-state index in [2.05, 4.69) is 24.7 Å². The molecule has 1 aliphatic heterocycles. The van der Waals surface area contributed by atoms with Gasteiger partial charge in [0, 0.05) is 42.3 Å². The van der Waals surface area contributed by atoms with Crippen molar-refractivity contribution in [2.75, 3.05) is 76.6 Å². The van der Waals surface area contributed by atoms with Gasteiger partial charge in [0.2, 0.25) is 5.91 Å². The molecule has 0 radical (unpaired) electrons. The molecular weight excluding hydrogens is 564 g/mol. The summed E-state index contributed by atoms with van der Waals surface area (Å²) in [5.41, 5.74) is 5.32. The predicted molar refractivity (Wildman–Crippen MR) is 167 cm³/mol. The van der Waals surface area contributed by atoms with Crippen LogP contribution >= 0.6 is 0 Å². The first kappa shape index (κ1) is 51.6. The number of nitrogens with two attached hydrogens (primary N) is 1. The van der Waals surface area contributed by atoms with Gasteiger partial charge >= 0.3 is 18.4 Å². The Balaban J connectivity index is -0.000000100. The summed E-state index contributed by atoms with van der Waals surface area (Å²) in [6, 6.07) is -1.14. The Bertz CT molecular complexity index is 866. The Kier molecular flexibility index (Phi) is 40.9. The van der Waals surface area contributed by atoms with Crippen LogP contribution in [0.1, 0.15) is 28.2 Å². The summed E-state index contributed by atoms with van der Waals surface area (Å²) in [7, 11) is 14.9. The van der Waals surface area contributed by atoms with E-state index in [1.807, 2.05) is 21.0 Å². The second-order valence-corrected chi connectivity index (χ2v) is 8.50. The molecule has 0 saturated carbocycles. The number of likely N-dealkylation sites (N-methyl/N-ethyl adjacent to an activating group) is 3. The highest BCUT2D eigenvalue weighted by Crippen LogP contribution is 2.10. The Hall–Kier alpha value is -4.12. The van der Waals surface area contributed by atoms with Crippen molar-refractivity contribution in [2.24, 2.45) is 10.7 Å². The van der Waals surface area contributed by atoms with Crippen molar-refractivity contribution in [3.8, 4) is 0 Å². The van der Waals surface area contributed by atoms with Gasteiger partial charge in [0.1, 0.15) is 18.4 Å². The number of carbonyl (C=O) groups is 5. The van der Waals surface area contributed by atoms with E-state index in [0.29, 0.717) is 0 Å². The zero-order chi connectivity index (χ0) is 34.4. The summed E-state index contributed by atoms with van der Waals surface area (Å²) >= 11 is 0. The summed E-state index contributed by atoms with van der Waals surface area (Å²) < 4.78 is 9.14. The quantitative estimate of drug-likeness (QED) is 0.204. The number of ether oxygens (including phenoxy) is 2. The number of nitrogens with zero attached hydrogens (tertiary/aromatic N) is 6. The Morgan fingerprint density at radius 3 is 1.65 bits per heavy atom. The molecule has 1 rings (SSSR count). The van der Waals surface area contributed by atoms with Crippen LogP contribution in [0.15, 0.2) is 4.99 Å². The molecule has 0 aliphatic carbocycles. The first-order valence-corrected chi connectivity index (χ1v) is 12.4. The van der Waals surface area contributed by atoms with Gasteiger partial charge < -0.3 is 54.8 Å². The van der Waals surface area contributed by atoms with E-state index in [0.717, 1.165) is 6.29 Å². The maximum absolute atomic E-state index is 11.3. The lowest BCUT2D eigenvalue weighted by Gasteiger charge is -2.18. The lowest BCUT2D eigenvalue weighted by molar-refractivity contribution is -0.138. The van der Waals surface area contributed by atoms with Crippen LogP contribution in [0.3, 0.4) is 0 Å². The van der Waals surface area contributed by atoms with Gasteiger partial charge in [-0.2, -0.15) is 0 Å². The molecule has 43 heavy (non-hydrogen) atoms. The smallest absolute Gasteiger partial charge is 0.386 e. The average Bonchev–Trinajstić information content (AvgIpc) is 3.34. The summed E-state index contributed by atoms with van der Waals surface area (Å²) in [5, 5.41) is 11.6. The number of hydrogen-bond acceptors (Lipinski definition) is 11. The van der Waals surface area contributed by atoms with E-state index >= 15 is 0 Å². The van der Waals surface area contributed by atoms with Crippen LogP contribution in [0.5, 0.6) is 0 Å². The highest BCUT2D eigenvalue weighted by molar-refractivity contribution is 5.84. The van der Waals surface area contributed by atoms with Crippen molar-refractivity contribution >= 4 is 36.4 Å². The molecule has 4 N–H and O–H groups in total. The van der Waals surface area contributed by atoms with Crippen LogP contribution in [0.4, 0.5) is 0 Å². The lowest BCUT2D eigenvalue weighted by Crippen LogP contribution is -2.46. The second kappa shape index (κ2) is 34.1. The fourth-order valence-corrected chi connectivity index (χ4v) is 1.76. The summed E-state index contributed by atoms with van der Waals surface area (Å²) in [6.45, 7) is 17.0. The monoisotopic (exact) mass is 618 g/mol. The van der Waals surface area contributed by atoms with Gasteiger partial charge in [-0.1, -0.05) is 7.43 Å². The predicted octanol–water partition coefficient (Wildman–Crippen LogP) is -0.578. The standard InChI is InChI=1S/C7H12N2O2.C6H14N2O2.C5H8N2O.C4H5NO2.C2H7N.C2H4O.CH4/c1-5-6(8-4-11-5)7(10)9(2)3;1-4(9)5(7)6(10)8(2)3;1-6-4-5(8)7(2)3;1-5-3-4(6)7-2;1-3-2;1-2-3;/h4-6H,1-3H3;4-5,9H,7H2,1-3H3;4H2,2-3H3;3H2,2H3;3H,1-2H3;2H,1H3;1H4/t5-,6+;4?,5-;;;;;/m11...../s1. The minimum atomic E-state index is -0.796. The number of aliphatic imine (C=N–C) groups is 1. The van der Waals surface area contributed by atoms with E-state index in [4.69, 9.17) is 33.5 Å². The van der Waals surface area contributed by atoms with Gasteiger partial charge in [-0.15, -0.1) is 0 Å². The molecule has 3 amide bonds. The average molecular weight is 619 g/mol. The van der Waals surface area contributed by atoms with Crippen molar-refractivity contribution in [3.63, 3.8) is 0 Å². The van der Waals surface area contributed by atoms with Crippen molar-refractivity contribution in [2.45, 2.75) is 52.5 Å². The number of hydrogen-bond donors (Lipinski definition) is 3. The van der Waals surface area contributed by atoms with Crippen molar-refractivity contribution < 1.29 is 38.6 Å². The Morgan fingerprint density at radius 1 is 1.07 bits per heavy atom. The molecule has 1 aliphatic rings. The largest absolute Gasteiger partial charge is 0.478 e. The van der Waals surface area contributed by atoms with E-state index in [1.165, 1.54) is 42.1 Å². The number of aliphatic hydroxyl groups excluding tert-OH is 1. The van der Waals surface area contributed by atoms with Crippen LogP contribution in [-0.2, 0) is 33.4 Å². The third kappa shape index (κ3) is 34.0. The van der Waals surface area contributed by atoms with E-state index in [9.17, 15) is 19.2 Å². The van der Waals surface area contributed by atoms with Crippen molar-refractivity contribution in [1.82, 2.24) is 20.0 Å². The molecule has 0 bridgehead atoms. The number of nitrogens with one attached hydrogen (secondary N) is 1. The number of methoxy groups -OCH3 is 1. The second-order valence-electron chi connectivity index (χ2n) is 8.50. The van der Waals surface area contributed by atoms with Crippen LogP contribution in [0.2, 0.25) is 0 Å². The normalized spacial score (nSPS) is 14.2. The van der Waals surface area contributed by atoms with E-state index in [1.54, 1.807) is 42.3 Å². The van der Waals surface area contributed by atoms with Crippen LogP contribution in [-0.4, -0.2) is 157 Å². The molecule has 1 heterocycles. The fourth-order valence-electron chi connectivity index (χ4n) is 1.76. The molecule has 0 aromatic heterocycles. The first-order valence-electron chi connectivity index (χ1n) is 12.4. The SMILES string of the molecule is C.CC(O)[C@@H](N)C(=O)N(C)C.CC=O.CNC.C[C@H]1OC=N[C@@H]1C(=O)N(C)C.[C-]#[N+]CC(=O)N(C)C.[C-]#[N+]CC(=O)OC. The zero-order valence-electron chi connectivity index (χ0n) is 26.9. The first-order chi connectivity index (χ1) is 19.4. The zero-order valence-corrected chi connectivity index (χ0v) is 26.9. The van der Waals surface area contributed by atoms with Crippen molar-refractivity contribution in [1.29, 1.82) is 0 Å². The van der Waals surface area contributed by atoms with Gasteiger partial charge in [0.15, 0.2) is 12.4 Å². The minimum absolute atomic E-state index is 0. The molecule has 0 aromatic carbocycles. The van der Waals surface area contributed by atoms with Gasteiger partial charge in [-0.25, -0.2) is 22.9 Å². The fraction of sp³-hybridized carbons (Fsp3) is 0.704. The molecule has 250 valence electrons. The lowest BCUT2D eigenvalue weighted by atomic mass is 10.2. The van der Waals surface area contributed by atoms with Crippen LogP contribution in [0.25, 0.3) is 9.69 Å². The number of esters is 1. The summed E-state index contributed by atoms with van der Waals surface area (Å²) in [6.07, 6.45) is 1.19. The van der Waals surface area contributed by atoms with Gasteiger partial charge in [-0.3, -0.25) is 14.4 Å². The molecule has 4 atom stereocenters. The molecule has 0 saturated heterocycles. The van der Waals surface area contributed by atoms with Gasteiger partial charge in [0.25, 0.3) is 12.5 Å². The third-order valence-electron chi connectivity index (χ3n) is 4.03. The topological polar surface area (TPSA) is 193 Å². The maximum atomic E-state index is 11.3. The highest BCUT2D eigenvalue weighted by atomic mass is 16.5. The molecular formula is C27H54N8O8. The summed E-state index contributed by atoms with van der Waals surface area (Å²) in [4.78, 5) is 65.3. The molecule has 0 spiro atoms. The highest BCUT2D eigenvalue weighted by Gasteiger charge is 2.29. The van der Waals surface area contributed by atoms with E-state index in [-0.39, 0.29) is 50.4 Å². The molecule has 0 fully saturated rings. The van der Waals surface area contributed by atoms with E-state index < -0.39 is 18.1 Å². The van der Waals surface area contributed by atoms with Crippen LogP contribution in [0, 0.1) is 13.1 Å². The van der Waals surface area contributed by atoms with Crippen LogP contribution < -0.4 is 11.1 Å². The molecule has 0 aromatic rings. The number of aldehydes is 1. The Morgan fingerprint density at radius 2 is 1.49 bits per heavy atom. The number of amides is 3. The number of rotatable bonds is 5. The van der Waals surface area contributed by atoms with Crippen molar-refractivity contribution in [3.05, 3.63) is 22.8 Å². The Labute approximate surface area is 257 Å². The van der Waals surface area contributed by atoms with Gasteiger partial charge in [-0.05, 0) is 34.9 Å². The molecule has 16 nitrogen and oxygen atoms in total. The minimum Gasteiger partial charge on any atom is -0.478 e. The maximum Gasteiger partial charge on any atom is 0.386 e. The molecule has 16 heteroatoms. The number of carbonyl (C=O) groups excluding carboxylic acids is 5. The third-order valence-corrected chi connectivity index (χ3v) is 4.03.